The second-order valence-corrected chi connectivity index (χ2v) is 11.7. The lowest BCUT2D eigenvalue weighted by atomic mass is 9.95. The van der Waals surface area contributed by atoms with E-state index >= 15 is 0 Å². The highest BCUT2D eigenvalue weighted by molar-refractivity contribution is 7.89. The molecule has 2 fully saturated rings. The van der Waals surface area contributed by atoms with Crippen LogP contribution < -0.4 is 5.32 Å². The molecular formula is C25H35N3O3S. The van der Waals surface area contributed by atoms with Crippen molar-refractivity contribution in [3.05, 3.63) is 42.5 Å². The zero-order chi connectivity index (χ0) is 22.8. The first kappa shape index (κ1) is 23.2. The highest BCUT2D eigenvalue weighted by Gasteiger charge is 2.34. The average Bonchev–Trinajstić information content (AvgIpc) is 2.83. The first-order valence-corrected chi connectivity index (χ1v) is 13.2. The molecule has 2 aromatic carbocycles. The maximum Gasteiger partial charge on any atom is 0.243 e. The summed E-state index contributed by atoms with van der Waals surface area (Å²) < 4.78 is 27.8. The number of nitrogens with one attached hydrogen (secondary N) is 1. The van der Waals surface area contributed by atoms with Crippen LogP contribution in [-0.4, -0.2) is 61.8 Å². The van der Waals surface area contributed by atoms with Crippen molar-refractivity contribution in [3.63, 3.8) is 0 Å². The number of rotatable bonds is 6. The molecular weight excluding hydrogens is 422 g/mol. The van der Waals surface area contributed by atoms with E-state index in [2.05, 4.69) is 24.1 Å². The number of carbonyl (C=O) groups excluding carboxylic acids is 1. The first-order chi connectivity index (χ1) is 15.3. The van der Waals surface area contributed by atoms with Crippen molar-refractivity contribution in [1.82, 2.24) is 14.5 Å². The Labute approximate surface area is 192 Å². The van der Waals surface area contributed by atoms with Gasteiger partial charge in [-0.1, -0.05) is 36.8 Å². The quantitative estimate of drug-likeness (QED) is 0.719. The monoisotopic (exact) mass is 457 g/mol. The molecule has 0 unspecified atom stereocenters. The summed E-state index contributed by atoms with van der Waals surface area (Å²) in [6, 6.07) is 13.0. The molecule has 2 aliphatic rings. The molecule has 0 radical (unpaired) electrons. The van der Waals surface area contributed by atoms with E-state index in [1.165, 1.54) is 23.6 Å². The van der Waals surface area contributed by atoms with Gasteiger partial charge in [-0.05, 0) is 75.5 Å². The number of fused-ring (bicyclic) bond motifs is 1. The molecule has 0 aromatic heterocycles. The lowest BCUT2D eigenvalue weighted by molar-refractivity contribution is -0.126. The topological polar surface area (TPSA) is 69.7 Å². The van der Waals surface area contributed by atoms with Crippen LogP contribution in [0.1, 0.15) is 46.0 Å². The van der Waals surface area contributed by atoms with Gasteiger partial charge in [-0.15, -0.1) is 0 Å². The van der Waals surface area contributed by atoms with E-state index < -0.39 is 10.0 Å². The minimum Gasteiger partial charge on any atom is -0.354 e. The molecule has 7 heteroatoms. The molecule has 0 bridgehead atoms. The van der Waals surface area contributed by atoms with Gasteiger partial charge in [-0.3, -0.25) is 9.69 Å². The number of amides is 1. The molecule has 6 nitrogen and oxygen atoms in total. The Morgan fingerprint density at radius 3 is 2.31 bits per heavy atom. The molecule has 0 spiro atoms. The van der Waals surface area contributed by atoms with Crippen LogP contribution in [0.2, 0.25) is 0 Å². The van der Waals surface area contributed by atoms with E-state index in [0.29, 0.717) is 37.4 Å². The summed E-state index contributed by atoms with van der Waals surface area (Å²) in [4.78, 5) is 15.6. The molecule has 1 amide bonds. The smallest absolute Gasteiger partial charge is 0.243 e. The second kappa shape index (κ2) is 9.49. The van der Waals surface area contributed by atoms with Gasteiger partial charge < -0.3 is 5.32 Å². The van der Waals surface area contributed by atoms with Gasteiger partial charge in [-0.25, -0.2) is 8.42 Å². The fourth-order valence-electron chi connectivity index (χ4n) is 4.89. The van der Waals surface area contributed by atoms with Gasteiger partial charge in [0.25, 0.3) is 0 Å². The van der Waals surface area contributed by atoms with Crippen molar-refractivity contribution < 1.29 is 13.2 Å². The molecule has 0 aliphatic carbocycles. The normalized spacial score (nSPS) is 19.8. The van der Waals surface area contributed by atoms with Gasteiger partial charge >= 0.3 is 0 Å². The molecule has 2 aromatic rings. The lowest BCUT2D eigenvalue weighted by Gasteiger charge is -2.41. The standard InChI is InChI=1S/C25H35N3O3S/c1-25(2,27-14-6-3-7-15-27)19-26-24(29)21-12-16-28(17-13-21)32(30,31)23-11-10-20-8-4-5-9-22(20)18-23/h4-5,8-11,18,21H,3,6-7,12-17,19H2,1-2H3,(H,26,29). The third kappa shape index (κ3) is 5.00. The number of likely N-dealkylation sites (tertiary alicyclic amines) is 1. The van der Waals surface area contributed by atoms with Crippen LogP contribution in [0.25, 0.3) is 10.8 Å². The predicted octanol–water partition coefficient (Wildman–Crippen LogP) is 3.62. The Hall–Kier alpha value is -1.96. The summed E-state index contributed by atoms with van der Waals surface area (Å²) in [6.07, 6.45) is 4.86. The molecule has 2 heterocycles. The van der Waals surface area contributed by atoms with Crippen molar-refractivity contribution >= 4 is 26.7 Å². The Bertz CT molecular complexity index is 1050. The van der Waals surface area contributed by atoms with Crippen LogP contribution in [0.5, 0.6) is 0 Å². The van der Waals surface area contributed by atoms with Gasteiger partial charge in [0.15, 0.2) is 0 Å². The average molecular weight is 458 g/mol. The minimum absolute atomic E-state index is 0.0536. The number of hydrogen-bond acceptors (Lipinski definition) is 4. The molecule has 4 rings (SSSR count). The maximum atomic E-state index is 13.2. The highest BCUT2D eigenvalue weighted by atomic mass is 32.2. The Balaban J connectivity index is 1.33. The third-order valence-corrected chi connectivity index (χ3v) is 8.99. The van der Waals surface area contributed by atoms with Gasteiger partial charge in [0.1, 0.15) is 0 Å². The van der Waals surface area contributed by atoms with Crippen LogP contribution >= 0.6 is 0 Å². The van der Waals surface area contributed by atoms with Gasteiger partial charge in [0, 0.05) is 31.1 Å². The summed E-state index contributed by atoms with van der Waals surface area (Å²) in [6.45, 7) is 7.95. The second-order valence-electron chi connectivity index (χ2n) is 9.77. The Morgan fingerprint density at radius 2 is 1.62 bits per heavy atom. The number of carbonyl (C=O) groups is 1. The van der Waals surface area contributed by atoms with E-state index in [-0.39, 0.29) is 17.4 Å². The van der Waals surface area contributed by atoms with Gasteiger partial charge in [-0.2, -0.15) is 4.31 Å². The molecule has 1 N–H and O–H groups in total. The Morgan fingerprint density at radius 1 is 0.969 bits per heavy atom. The summed E-state index contributed by atoms with van der Waals surface area (Å²) >= 11 is 0. The summed E-state index contributed by atoms with van der Waals surface area (Å²) in [7, 11) is -3.56. The molecule has 0 atom stereocenters. The predicted molar refractivity (Wildman–Crippen MR) is 128 cm³/mol. The van der Waals surface area contributed by atoms with Crippen LogP contribution in [-0.2, 0) is 14.8 Å². The van der Waals surface area contributed by atoms with E-state index in [9.17, 15) is 13.2 Å². The van der Waals surface area contributed by atoms with Crippen molar-refractivity contribution in [2.24, 2.45) is 5.92 Å². The van der Waals surface area contributed by atoms with Crippen LogP contribution in [0.15, 0.2) is 47.4 Å². The van der Waals surface area contributed by atoms with Gasteiger partial charge in [0.05, 0.1) is 4.90 Å². The highest BCUT2D eigenvalue weighted by Crippen LogP contribution is 2.27. The van der Waals surface area contributed by atoms with Gasteiger partial charge in [0.2, 0.25) is 15.9 Å². The van der Waals surface area contributed by atoms with Crippen LogP contribution in [0.3, 0.4) is 0 Å². The van der Waals surface area contributed by atoms with Crippen molar-refractivity contribution in [3.8, 4) is 0 Å². The summed E-state index contributed by atoms with van der Waals surface area (Å²) in [5.74, 6) is -0.0759. The number of sulfonamides is 1. The van der Waals surface area contributed by atoms with Crippen LogP contribution in [0, 0.1) is 5.92 Å². The van der Waals surface area contributed by atoms with Crippen molar-refractivity contribution in [2.45, 2.75) is 56.4 Å². The fourth-order valence-corrected chi connectivity index (χ4v) is 6.40. The molecule has 2 aliphatic heterocycles. The number of nitrogens with zero attached hydrogens (tertiary/aromatic N) is 2. The number of hydrogen-bond donors (Lipinski definition) is 1. The summed E-state index contributed by atoms with van der Waals surface area (Å²) in [5.41, 5.74) is -0.0593. The first-order valence-electron chi connectivity index (χ1n) is 11.8. The zero-order valence-corrected chi connectivity index (χ0v) is 20.0. The fraction of sp³-hybridized carbons (Fsp3) is 0.560. The van der Waals surface area contributed by atoms with E-state index in [0.717, 1.165) is 23.9 Å². The van der Waals surface area contributed by atoms with E-state index in [1.807, 2.05) is 30.3 Å². The maximum absolute atomic E-state index is 13.2. The van der Waals surface area contributed by atoms with Crippen molar-refractivity contribution in [2.75, 3.05) is 32.7 Å². The summed E-state index contributed by atoms with van der Waals surface area (Å²) in [5, 5.41) is 5.09. The van der Waals surface area contributed by atoms with E-state index in [4.69, 9.17) is 0 Å². The minimum atomic E-state index is -3.56. The molecule has 0 saturated carbocycles. The molecule has 32 heavy (non-hydrogen) atoms. The lowest BCUT2D eigenvalue weighted by Crippen LogP contribution is -2.54. The van der Waals surface area contributed by atoms with E-state index in [1.54, 1.807) is 12.1 Å². The largest absolute Gasteiger partial charge is 0.354 e. The van der Waals surface area contributed by atoms with Crippen LogP contribution in [0.4, 0.5) is 0 Å². The number of piperidine rings is 2. The zero-order valence-electron chi connectivity index (χ0n) is 19.2. The third-order valence-electron chi connectivity index (χ3n) is 7.09. The molecule has 2 saturated heterocycles. The van der Waals surface area contributed by atoms with Crippen molar-refractivity contribution in [1.29, 1.82) is 0 Å². The number of benzene rings is 2. The SMILES string of the molecule is CC(C)(CNC(=O)C1CCN(S(=O)(=O)c2ccc3ccccc3c2)CC1)N1CCCCC1. The molecule has 174 valence electrons. The Kier molecular flexibility index (Phi) is 6.89.